The van der Waals surface area contributed by atoms with Crippen molar-refractivity contribution >= 4 is 11.7 Å². The number of aromatic nitrogens is 5. The number of benzene rings is 1. The number of nitrogens with one attached hydrogen (secondary N) is 1. The minimum Gasteiger partial charge on any atom is -0.486 e. The first-order chi connectivity index (χ1) is 12.1. The Balaban J connectivity index is 1.60. The SMILES string of the molecule is CC(C)n1nnnc1COc1ccc(C(=O)Nc2ccccn2)cc1. The quantitative estimate of drug-likeness (QED) is 0.742. The summed E-state index contributed by atoms with van der Waals surface area (Å²) in [4.78, 5) is 16.2. The van der Waals surface area contributed by atoms with Gasteiger partial charge in [0.25, 0.3) is 5.91 Å². The molecule has 8 heteroatoms. The van der Waals surface area contributed by atoms with E-state index in [2.05, 4.69) is 25.8 Å². The van der Waals surface area contributed by atoms with E-state index >= 15 is 0 Å². The molecule has 3 rings (SSSR count). The molecule has 1 N–H and O–H groups in total. The van der Waals surface area contributed by atoms with Crippen LogP contribution in [-0.2, 0) is 6.61 Å². The average Bonchev–Trinajstić information content (AvgIpc) is 3.10. The van der Waals surface area contributed by atoms with Gasteiger partial charge in [-0.2, -0.15) is 0 Å². The summed E-state index contributed by atoms with van der Waals surface area (Å²) in [6, 6.07) is 12.3. The van der Waals surface area contributed by atoms with Gasteiger partial charge in [-0.1, -0.05) is 6.07 Å². The van der Waals surface area contributed by atoms with Crippen LogP contribution in [0.4, 0.5) is 5.82 Å². The highest BCUT2D eigenvalue weighted by Crippen LogP contribution is 2.15. The molecular formula is C17H18N6O2. The summed E-state index contributed by atoms with van der Waals surface area (Å²) in [5.74, 6) is 1.56. The summed E-state index contributed by atoms with van der Waals surface area (Å²) >= 11 is 0. The second kappa shape index (κ2) is 7.52. The number of pyridine rings is 1. The van der Waals surface area contributed by atoms with Crippen LogP contribution >= 0.6 is 0 Å². The van der Waals surface area contributed by atoms with Gasteiger partial charge in [0, 0.05) is 11.8 Å². The lowest BCUT2D eigenvalue weighted by molar-refractivity contribution is 0.102. The molecule has 0 bridgehead atoms. The van der Waals surface area contributed by atoms with Gasteiger partial charge in [-0.05, 0) is 60.7 Å². The van der Waals surface area contributed by atoms with Crippen LogP contribution in [0, 0.1) is 0 Å². The first kappa shape index (κ1) is 16.6. The summed E-state index contributed by atoms with van der Waals surface area (Å²) in [5.41, 5.74) is 0.519. The van der Waals surface area contributed by atoms with E-state index in [1.54, 1.807) is 47.3 Å². The van der Waals surface area contributed by atoms with E-state index in [1.165, 1.54) is 0 Å². The lowest BCUT2D eigenvalue weighted by Gasteiger charge is -2.09. The van der Waals surface area contributed by atoms with Gasteiger partial charge in [-0.15, -0.1) is 5.10 Å². The molecule has 0 aliphatic heterocycles. The van der Waals surface area contributed by atoms with E-state index in [-0.39, 0.29) is 18.6 Å². The van der Waals surface area contributed by atoms with E-state index < -0.39 is 0 Å². The fraction of sp³-hybridized carbons (Fsp3) is 0.235. The van der Waals surface area contributed by atoms with Crippen molar-refractivity contribution in [2.45, 2.75) is 26.5 Å². The Bertz CT molecular complexity index is 830. The van der Waals surface area contributed by atoms with Crippen LogP contribution in [0.15, 0.2) is 48.7 Å². The molecule has 0 atom stereocenters. The highest BCUT2D eigenvalue weighted by molar-refractivity contribution is 6.03. The van der Waals surface area contributed by atoms with Gasteiger partial charge in [0.2, 0.25) is 0 Å². The minimum atomic E-state index is -0.228. The van der Waals surface area contributed by atoms with E-state index in [1.807, 2.05) is 19.9 Å². The van der Waals surface area contributed by atoms with Crippen molar-refractivity contribution in [3.63, 3.8) is 0 Å². The molecule has 1 amide bonds. The summed E-state index contributed by atoms with van der Waals surface area (Å²) in [5, 5.41) is 14.3. The van der Waals surface area contributed by atoms with Gasteiger partial charge < -0.3 is 10.1 Å². The molecule has 0 radical (unpaired) electrons. The normalized spacial score (nSPS) is 10.7. The van der Waals surface area contributed by atoms with Crippen LogP contribution in [0.3, 0.4) is 0 Å². The van der Waals surface area contributed by atoms with E-state index in [0.29, 0.717) is 23.0 Å². The Morgan fingerprint density at radius 3 is 2.68 bits per heavy atom. The van der Waals surface area contributed by atoms with Crippen LogP contribution in [0.2, 0.25) is 0 Å². The number of carbonyl (C=O) groups is 1. The summed E-state index contributed by atoms with van der Waals surface area (Å²) < 4.78 is 7.39. The number of hydrogen-bond acceptors (Lipinski definition) is 6. The first-order valence-corrected chi connectivity index (χ1v) is 7.85. The summed E-state index contributed by atoms with van der Waals surface area (Å²) in [6.07, 6.45) is 1.62. The molecule has 0 spiro atoms. The molecule has 0 saturated heterocycles. The van der Waals surface area contributed by atoms with Crippen molar-refractivity contribution in [1.82, 2.24) is 25.2 Å². The van der Waals surface area contributed by atoms with Crippen LogP contribution in [0.25, 0.3) is 0 Å². The van der Waals surface area contributed by atoms with Crippen molar-refractivity contribution < 1.29 is 9.53 Å². The Hall–Kier alpha value is -3.29. The highest BCUT2D eigenvalue weighted by Gasteiger charge is 2.10. The zero-order chi connectivity index (χ0) is 17.6. The maximum Gasteiger partial charge on any atom is 0.256 e. The zero-order valence-electron chi connectivity index (χ0n) is 14.0. The number of ether oxygens (including phenoxy) is 1. The molecule has 3 aromatic rings. The lowest BCUT2D eigenvalue weighted by Crippen LogP contribution is -2.13. The highest BCUT2D eigenvalue weighted by atomic mass is 16.5. The minimum absolute atomic E-state index is 0.159. The number of rotatable bonds is 6. The van der Waals surface area contributed by atoms with Crippen LogP contribution in [0.5, 0.6) is 5.75 Å². The summed E-state index contributed by atoms with van der Waals surface area (Å²) in [6.45, 7) is 4.24. The molecular weight excluding hydrogens is 320 g/mol. The Morgan fingerprint density at radius 2 is 2.00 bits per heavy atom. The monoisotopic (exact) mass is 338 g/mol. The number of anilines is 1. The Kier molecular flexibility index (Phi) is 4.98. The molecule has 0 saturated carbocycles. The smallest absolute Gasteiger partial charge is 0.256 e. The van der Waals surface area contributed by atoms with Gasteiger partial charge in [0.05, 0.1) is 6.04 Å². The second-order valence-corrected chi connectivity index (χ2v) is 5.62. The van der Waals surface area contributed by atoms with Crippen molar-refractivity contribution in [3.05, 3.63) is 60.0 Å². The van der Waals surface area contributed by atoms with Crippen molar-refractivity contribution in [1.29, 1.82) is 0 Å². The Morgan fingerprint density at radius 1 is 1.20 bits per heavy atom. The standard InChI is InChI=1S/C17H18N6O2/c1-12(2)23-16(20-21-22-23)11-25-14-8-6-13(7-9-14)17(24)19-15-5-3-4-10-18-15/h3-10,12H,11H2,1-2H3,(H,18,19,24). The van der Waals surface area contributed by atoms with Gasteiger partial charge in [-0.3, -0.25) is 4.79 Å². The summed E-state index contributed by atoms with van der Waals surface area (Å²) in [7, 11) is 0. The number of carbonyl (C=O) groups excluding carboxylic acids is 1. The number of nitrogens with zero attached hydrogens (tertiary/aromatic N) is 5. The predicted molar refractivity (Wildman–Crippen MR) is 91.2 cm³/mol. The van der Waals surface area contributed by atoms with Crippen LogP contribution < -0.4 is 10.1 Å². The third-order valence-electron chi connectivity index (χ3n) is 3.44. The van der Waals surface area contributed by atoms with E-state index in [0.717, 1.165) is 0 Å². The molecule has 0 aliphatic carbocycles. The van der Waals surface area contributed by atoms with Crippen molar-refractivity contribution in [2.24, 2.45) is 0 Å². The molecule has 0 fully saturated rings. The average molecular weight is 338 g/mol. The van der Waals surface area contributed by atoms with Crippen molar-refractivity contribution in [3.8, 4) is 5.75 Å². The fourth-order valence-corrected chi connectivity index (χ4v) is 2.18. The van der Waals surface area contributed by atoms with E-state index in [4.69, 9.17) is 4.74 Å². The Labute approximate surface area is 144 Å². The van der Waals surface area contributed by atoms with Gasteiger partial charge >= 0.3 is 0 Å². The largest absolute Gasteiger partial charge is 0.486 e. The maximum absolute atomic E-state index is 12.2. The van der Waals surface area contributed by atoms with E-state index in [9.17, 15) is 4.79 Å². The molecule has 25 heavy (non-hydrogen) atoms. The first-order valence-electron chi connectivity index (χ1n) is 7.85. The topological polar surface area (TPSA) is 94.8 Å². The zero-order valence-corrected chi connectivity index (χ0v) is 14.0. The van der Waals surface area contributed by atoms with Crippen LogP contribution in [0.1, 0.15) is 36.1 Å². The second-order valence-electron chi connectivity index (χ2n) is 5.62. The molecule has 2 heterocycles. The molecule has 2 aromatic heterocycles. The van der Waals surface area contributed by atoms with Gasteiger partial charge in [0.15, 0.2) is 5.82 Å². The lowest BCUT2D eigenvalue weighted by atomic mass is 10.2. The van der Waals surface area contributed by atoms with Crippen LogP contribution in [-0.4, -0.2) is 31.1 Å². The number of hydrogen-bond donors (Lipinski definition) is 1. The number of amides is 1. The van der Waals surface area contributed by atoms with Crippen molar-refractivity contribution in [2.75, 3.05) is 5.32 Å². The van der Waals surface area contributed by atoms with Gasteiger partial charge in [0.1, 0.15) is 18.2 Å². The third kappa shape index (κ3) is 4.17. The third-order valence-corrected chi connectivity index (χ3v) is 3.44. The molecule has 0 aliphatic rings. The number of tetrazole rings is 1. The van der Waals surface area contributed by atoms with Gasteiger partial charge in [-0.25, -0.2) is 9.67 Å². The molecule has 8 nitrogen and oxygen atoms in total. The predicted octanol–water partition coefficient (Wildman–Crippen LogP) is 2.48. The maximum atomic E-state index is 12.2. The molecule has 0 unspecified atom stereocenters. The fourth-order valence-electron chi connectivity index (χ4n) is 2.18. The molecule has 1 aromatic carbocycles. The molecule has 128 valence electrons.